The molecule has 156 valence electrons. The molecule has 2 N–H and O–H groups in total. The SMILES string of the molecule is CN=C(NCC1(c2cccc(Br)c2)CC1)NC1CCN(c2ccccn2)CC1.I. The average Bonchev–Trinajstić information content (AvgIpc) is 3.53. The summed E-state index contributed by atoms with van der Waals surface area (Å²) < 4.78 is 1.15. The minimum atomic E-state index is 0. The molecule has 5 nitrogen and oxygen atoms in total. The molecule has 1 saturated carbocycles. The molecule has 0 amide bonds. The second kappa shape index (κ2) is 10.1. The molecule has 0 spiro atoms. The number of aromatic nitrogens is 1. The van der Waals surface area contributed by atoms with Gasteiger partial charge in [-0.3, -0.25) is 4.99 Å². The number of nitrogens with one attached hydrogen (secondary N) is 2. The van der Waals surface area contributed by atoms with Crippen molar-refractivity contribution in [3.05, 3.63) is 58.7 Å². The van der Waals surface area contributed by atoms with Crippen LogP contribution >= 0.6 is 39.9 Å². The molecule has 1 saturated heterocycles. The van der Waals surface area contributed by atoms with Crippen molar-refractivity contribution < 1.29 is 0 Å². The van der Waals surface area contributed by atoms with Crippen molar-refractivity contribution in [3.63, 3.8) is 0 Å². The van der Waals surface area contributed by atoms with Gasteiger partial charge in [0, 0.05) is 48.8 Å². The fourth-order valence-electron chi connectivity index (χ4n) is 3.97. The molecule has 4 rings (SSSR count). The maximum Gasteiger partial charge on any atom is 0.191 e. The normalized spacial score (nSPS) is 18.7. The molecule has 2 fully saturated rings. The lowest BCUT2D eigenvalue weighted by Crippen LogP contribution is -2.50. The van der Waals surface area contributed by atoms with Gasteiger partial charge in [-0.2, -0.15) is 0 Å². The molecule has 2 aromatic rings. The summed E-state index contributed by atoms with van der Waals surface area (Å²) in [6.45, 7) is 2.97. The molecular formula is C22H29BrIN5. The Hall–Kier alpha value is -1.35. The van der Waals surface area contributed by atoms with Crippen molar-refractivity contribution >= 4 is 51.7 Å². The van der Waals surface area contributed by atoms with Crippen LogP contribution in [0.15, 0.2) is 58.1 Å². The number of piperidine rings is 1. The molecule has 29 heavy (non-hydrogen) atoms. The van der Waals surface area contributed by atoms with E-state index < -0.39 is 0 Å². The van der Waals surface area contributed by atoms with E-state index >= 15 is 0 Å². The molecule has 2 aliphatic rings. The van der Waals surface area contributed by atoms with Crippen LogP contribution in [0, 0.1) is 0 Å². The Morgan fingerprint density at radius 3 is 2.62 bits per heavy atom. The summed E-state index contributed by atoms with van der Waals surface area (Å²) in [5.74, 6) is 1.99. The van der Waals surface area contributed by atoms with Gasteiger partial charge in [0.15, 0.2) is 5.96 Å². The van der Waals surface area contributed by atoms with Gasteiger partial charge in [-0.15, -0.1) is 24.0 Å². The topological polar surface area (TPSA) is 52.6 Å². The maximum atomic E-state index is 4.47. The van der Waals surface area contributed by atoms with E-state index in [4.69, 9.17) is 0 Å². The Labute approximate surface area is 198 Å². The molecule has 7 heteroatoms. The molecular weight excluding hydrogens is 541 g/mol. The Morgan fingerprint density at radius 2 is 2.00 bits per heavy atom. The van der Waals surface area contributed by atoms with E-state index in [2.05, 4.69) is 77.8 Å². The standard InChI is InChI=1S/C22H28BrN5.HI/c1-24-21(26-16-22(10-11-22)17-5-4-6-18(23)15-17)27-19-8-13-28(14-9-19)20-7-2-3-12-25-20;/h2-7,12,15,19H,8-11,13-14,16H2,1H3,(H2,24,26,27);1H. The third-order valence-corrected chi connectivity index (χ3v) is 6.41. The van der Waals surface area contributed by atoms with E-state index in [-0.39, 0.29) is 29.4 Å². The Balaban J connectivity index is 0.00000240. The summed E-state index contributed by atoms with van der Waals surface area (Å²) in [7, 11) is 1.86. The summed E-state index contributed by atoms with van der Waals surface area (Å²) in [6.07, 6.45) is 6.51. The van der Waals surface area contributed by atoms with Crippen molar-refractivity contribution in [2.45, 2.75) is 37.1 Å². The summed E-state index contributed by atoms with van der Waals surface area (Å²) in [4.78, 5) is 11.3. The lowest BCUT2D eigenvalue weighted by atomic mass is 9.96. The van der Waals surface area contributed by atoms with Crippen molar-refractivity contribution in [1.82, 2.24) is 15.6 Å². The summed E-state index contributed by atoms with van der Waals surface area (Å²) in [6, 6.07) is 15.3. The zero-order valence-electron chi connectivity index (χ0n) is 16.8. The monoisotopic (exact) mass is 569 g/mol. The van der Waals surface area contributed by atoms with Gasteiger partial charge in [-0.05, 0) is 55.5 Å². The quantitative estimate of drug-likeness (QED) is 0.320. The second-order valence-corrected chi connectivity index (χ2v) is 8.73. The molecule has 0 radical (unpaired) electrons. The third-order valence-electron chi connectivity index (χ3n) is 5.92. The Kier molecular flexibility index (Phi) is 7.79. The van der Waals surface area contributed by atoms with Crippen LogP contribution in [0.1, 0.15) is 31.2 Å². The predicted octanol–water partition coefficient (Wildman–Crippen LogP) is 4.33. The summed E-state index contributed by atoms with van der Waals surface area (Å²) >= 11 is 3.60. The number of nitrogens with zero attached hydrogens (tertiary/aromatic N) is 3. The van der Waals surface area contributed by atoms with E-state index in [0.717, 1.165) is 48.7 Å². The molecule has 1 aromatic heterocycles. The minimum Gasteiger partial charge on any atom is -0.356 e. The van der Waals surface area contributed by atoms with Crippen LogP contribution in [0.2, 0.25) is 0 Å². The van der Waals surface area contributed by atoms with Gasteiger partial charge in [-0.1, -0.05) is 34.1 Å². The fourth-order valence-corrected chi connectivity index (χ4v) is 4.37. The Morgan fingerprint density at radius 1 is 1.21 bits per heavy atom. The minimum absolute atomic E-state index is 0. The number of rotatable bonds is 5. The first-order chi connectivity index (χ1) is 13.7. The van der Waals surface area contributed by atoms with Gasteiger partial charge in [0.1, 0.15) is 5.82 Å². The number of halogens is 2. The van der Waals surface area contributed by atoms with E-state index in [1.165, 1.54) is 18.4 Å². The lowest BCUT2D eigenvalue weighted by molar-refractivity contribution is 0.458. The van der Waals surface area contributed by atoms with Gasteiger partial charge in [0.2, 0.25) is 0 Å². The molecule has 1 aliphatic carbocycles. The number of benzene rings is 1. The highest BCUT2D eigenvalue weighted by Gasteiger charge is 2.44. The van der Waals surface area contributed by atoms with Gasteiger partial charge >= 0.3 is 0 Å². The molecule has 1 aromatic carbocycles. The Bertz CT molecular complexity index is 817. The largest absolute Gasteiger partial charge is 0.356 e. The third kappa shape index (κ3) is 5.63. The molecule has 0 atom stereocenters. The number of guanidine groups is 1. The summed E-state index contributed by atoms with van der Waals surface area (Å²) in [5, 5.41) is 7.20. The summed E-state index contributed by atoms with van der Waals surface area (Å²) in [5.41, 5.74) is 1.66. The maximum absolute atomic E-state index is 4.47. The highest BCUT2D eigenvalue weighted by Crippen LogP contribution is 2.48. The van der Waals surface area contributed by atoms with Crippen molar-refractivity contribution in [2.75, 3.05) is 31.6 Å². The smallest absolute Gasteiger partial charge is 0.191 e. The fraction of sp³-hybridized carbons (Fsp3) is 0.455. The highest BCUT2D eigenvalue weighted by molar-refractivity contribution is 14.0. The van der Waals surface area contributed by atoms with Crippen LogP contribution in [-0.2, 0) is 5.41 Å². The number of hydrogen-bond donors (Lipinski definition) is 2. The van der Waals surface area contributed by atoms with Crippen LogP contribution < -0.4 is 15.5 Å². The number of anilines is 1. The van der Waals surface area contributed by atoms with E-state index in [0.29, 0.717) is 6.04 Å². The van der Waals surface area contributed by atoms with E-state index in [1.54, 1.807) is 0 Å². The van der Waals surface area contributed by atoms with Crippen LogP contribution in [0.25, 0.3) is 0 Å². The first kappa shape index (κ1) is 22.3. The molecule has 0 bridgehead atoms. The number of hydrogen-bond acceptors (Lipinski definition) is 3. The average molecular weight is 570 g/mol. The molecule has 1 aliphatic heterocycles. The van der Waals surface area contributed by atoms with E-state index in [1.807, 2.05) is 19.3 Å². The number of aliphatic imine (C=N–C) groups is 1. The van der Waals surface area contributed by atoms with Crippen LogP contribution in [-0.4, -0.2) is 43.7 Å². The van der Waals surface area contributed by atoms with Crippen molar-refractivity contribution in [1.29, 1.82) is 0 Å². The van der Waals surface area contributed by atoms with Gasteiger partial charge < -0.3 is 15.5 Å². The second-order valence-electron chi connectivity index (χ2n) is 7.81. The van der Waals surface area contributed by atoms with Crippen molar-refractivity contribution in [3.8, 4) is 0 Å². The van der Waals surface area contributed by atoms with Crippen molar-refractivity contribution in [2.24, 2.45) is 4.99 Å². The van der Waals surface area contributed by atoms with Crippen LogP contribution in [0.5, 0.6) is 0 Å². The zero-order valence-corrected chi connectivity index (χ0v) is 20.7. The van der Waals surface area contributed by atoms with Crippen LogP contribution in [0.3, 0.4) is 0 Å². The predicted molar refractivity (Wildman–Crippen MR) is 134 cm³/mol. The highest BCUT2D eigenvalue weighted by atomic mass is 127. The molecule has 0 unspecified atom stereocenters. The first-order valence-electron chi connectivity index (χ1n) is 10.1. The first-order valence-corrected chi connectivity index (χ1v) is 10.9. The van der Waals surface area contributed by atoms with Gasteiger partial charge in [0.25, 0.3) is 0 Å². The van der Waals surface area contributed by atoms with Gasteiger partial charge in [-0.25, -0.2) is 4.98 Å². The van der Waals surface area contributed by atoms with Gasteiger partial charge in [0.05, 0.1) is 0 Å². The van der Waals surface area contributed by atoms with Crippen LogP contribution in [0.4, 0.5) is 5.82 Å². The van der Waals surface area contributed by atoms with E-state index in [9.17, 15) is 0 Å². The zero-order chi connectivity index (χ0) is 19.4. The molecule has 2 heterocycles. The number of pyridine rings is 1. The lowest BCUT2D eigenvalue weighted by Gasteiger charge is -2.34.